The molecule has 2 heteroatoms. The number of nitrogens with one attached hydrogen (secondary N) is 1. The summed E-state index contributed by atoms with van der Waals surface area (Å²) in [6.07, 6.45) is 1.16. The fourth-order valence-corrected chi connectivity index (χ4v) is 3.13. The summed E-state index contributed by atoms with van der Waals surface area (Å²) < 4.78 is 5.51. The van der Waals surface area contributed by atoms with Crippen LogP contribution in [0.5, 0.6) is 5.75 Å². The maximum Gasteiger partial charge on any atom is 0.119 e. The van der Waals surface area contributed by atoms with Gasteiger partial charge in [0, 0.05) is 12.0 Å². The third-order valence-electron chi connectivity index (χ3n) is 4.16. The van der Waals surface area contributed by atoms with E-state index in [0.717, 1.165) is 12.2 Å². The van der Waals surface area contributed by atoms with Gasteiger partial charge in [-0.3, -0.25) is 0 Å². The lowest BCUT2D eigenvalue weighted by Gasteiger charge is -2.36. The van der Waals surface area contributed by atoms with E-state index in [-0.39, 0.29) is 0 Å². The van der Waals surface area contributed by atoms with Crippen LogP contribution in [0, 0.1) is 0 Å². The number of fused-ring (bicyclic) bond motifs is 1. The summed E-state index contributed by atoms with van der Waals surface area (Å²) in [6.45, 7) is 2.72. The molecular weight excluding hydrogens is 246 g/mol. The fraction of sp³-hybridized carbons (Fsp3) is 0.333. The van der Waals surface area contributed by atoms with Crippen molar-refractivity contribution in [3.05, 3.63) is 65.2 Å². The Morgan fingerprint density at radius 1 is 1.15 bits per heavy atom. The molecule has 0 radical (unpaired) electrons. The van der Waals surface area contributed by atoms with Crippen molar-refractivity contribution in [2.45, 2.75) is 25.3 Å². The first kappa shape index (κ1) is 13.2. The van der Waals surface area contributed by atoms with Crippen LogP contribution in [0.3, 0.4) is 0 Å². The van der Waals surface area contributed by atoms with E-state index in [9.17, 15) is 0 Å². The predicted molar refractivity (Wildman–Crippen MR) is 82.3 cm³/mol. The van der Waals surface area contributed by atoms with Crippen molar-refractivity contribution in [2.75, 3.05) is 13.7 Å². The highest BCUT2D eigenvalue weighted by atomic mass is 16.5. The summed E-state index contributed by atoms with van der Waals surface area (Å²) in [7, 11) is 2.04. The first-order chi connectivity index (χ1) is 9.83. The van der Waals surface area contributed by atoms with Crippen LogP contribution < -0.4 is 10.1 Å². The zero-order valence-electron chi connectivity index (χ0n) is 12.1. The van der Waals surface area contributed by atoms with E-state index in [4.69, 9.17) is 4.74 Å². The molecule has 2 atom stereocenters. The van der Waals surface area contributed by atoms with E-state index < -0.39 is 0 Å². The van der Waals surface area contributed by atoms with E-state index in [0.29, 0.717) is 18.6 Å². The third-order valence-corrected chi connectivity index (χ3v) is 4.16. The zero-order chi connectivity index (χ0) is 13.9. The van der Waals surface area contributed by atoms with Crippen LogP contribution in [0.1, 0.15) is 35.6 Å². The summed E-state index contributed by atoms with van der Waals surface area (Å²) >= 11 is 0. The standard InChI is InChI=1S/C18H21NO/c1-3-20-15-10-8-13(9-11-15)18(19-2)17-12-14-6-4-5-7-16(14)17/h4-11,17-19H,3,12H2,1-2H3. The number of likely N-dealkylation sites (N-methyl/N-ethyl adjacent to an activating group) is 1. The van der Waals surface area contributed by atoms with Crippen molar-refractivity contribution in [3.8, 4) is 5.75 Å². The molecule has 0 aliphatic heterocycles. The first-order valence-electron chi connectivity index (χ1n) is 7.31. The minimum Gasteiger partial charge on any atom is -0.494 e. The number of ether oxygens (including phenoxy) is 1. The molecule has 0 fully saturated rings. The van der Waals surface area contributed by atoms with Gasteiger partial charge >= 0.3 is 0 Å². The van der Waals surface area contributed by atoms with Gasteiger partial charge in [0.1, 0.15) is 5.75 Å². The lowest BCUT2D eigenvalue weighted by atomic mass is 9.72. The Kier molecular flexibility index (Phi) is 3.75. The van der Waals surface area contributed by atoms with Gasteiger partial charge in [0.05, 0.1) is 6.61 Å². The second kappa shape index (κ2) is 5.68. The Hall–Kier alpha value is -1.80. The highest BCUT2D eigenvalue weighted by molar-refractivity contribution is 5.43. The van der Waals surface area contributed by atoms with Gasteiger partial charge in [0.2, 0.25) is 0 Å². The number of benzene rings is 2. The van der Waals surface area contributed by atoms with E-state index in [1.165, 1.54) is 16.7 Å². The molecule has 2 unspecified atom stereocenters. The summed E-state index contributed by atoms with van der Waals surface area (Å²) in [5, 5.41) is 3.47. The van der Waals surface area contributed by atoms with Crippen molar-refractivity contribution < 1.29 is 4.74 Å². The molecule has 1 aliphatic rings. The van der Waals surface area contributed by atoms with Crippen LogP contribution in [-0.4, -0.2) is 13.7 Å². The molecule has 0 spiro atoms. The SMILES string of the molecule is CCOc1ccc(C(NC)C2Cc3ccccc32)cc1. The third kappa shape index (κ3) is 2.32. The van der Waals surface area contributed by atoms with E-state index in [1.54, 1.807) is 0 Å². The monoisotopic (exact) mass is 267 g/mol. The lowest BCUT2D eigenvalue weighted by Crippen LogP contribution is -2.31. The quantitative estimate of drug-likeness (QED) is 0.892. The Balaban J connectivity index is 1.81. The summed E-state index contributed by atoms with van der Waals surface area (Å²) in [5.41, 5.74) is 4.31. The number of hydrogen-bond acceptors (Lipinski definition) is 2. The number of rotatable bonds is 5. The average molecular weight is 267 g/mol. The molecule has 0 bridgehead atoms. The molecule has 1 aliphatic carbocycles. The molecule has 0 saturated heterocycles. The Bertz CT molecular complexity index is 576. The van der Waals surface area contributed by atoms with Gasteiger partial charge in [-0.05, 0) is 49.2 Å². The molecule has 2 nitrogen and oxygen atoms in total. The van der Waals surface area contributed by atoms with Gasteiger partial charge in [-0.2, -0.15) is 0 Å². The van der Waals surface area contributed by atoms with Crippen LogP contribution in [0.25, 0.3) is 0 Å². The summed E-state index contributed by atoms with van der Waals surface area (Å²) in [4.78, 5) is 0. The zero-order valence-corrected chi connectivity index (χ0v) is 12.1. The topological polar surface area (TPSA) is 21.3 Å². The molecule has 0 heterocycles. The Morgan fingerprint density at radius 2 is 1.90 bits per heavy atom. The van der Waals surface area contributed by atoms with Crippen LogP contribution in [0.4, 0.5) is 0 Å². The Morgan fingerprint density at radius 3 is 2.55 bits per heavy atom. The van der Waals surface area contributed by atoms with Gasteiger partial charge in [0.25, 0.3) is 0 Å². The van der Waals surface area contributed by atoms with Gasteiger partial charge in [-0.25, -0.2) is 0 Å². The van der Waals surface area contributed by atoms with E-state index in [2.05, 4.69) is 53.8 Å². The minimum atomic E-state index is 0.376. The van der Waals surface area contributed by atoms with Crippen LogP contribution in [0.15, 0.2) is 48.5 Å². The second-order valence-corrected chi connectivity index (χ2v) is 5.28. The lowest BCUT2D eigenvalue weighted by molar-refractivity contribution is 0.340. The minimum absolute atomic E-state index is 0.376. The van der Waals surface area contributed by atoms with E-state index in [1.807, 2.05) is 14.0 Å². The number of hydrogen-bond donors (Lipinski definition) is 1. The average Bonchev–Trinajstić information content (AvgIpc) is 2.46. The summed E-state index contributed by atoms with van der Waals surface area (Å²) in [5.74, 6) is 1.52. The maximum absolute atomic E-state index is 5.51. The van der Waals surface area contributed by atoms with Crippen molar-refractivity contribution in [2.24, 2.45) is 0 Å². The van der Waals surface area contributed by atoms with Crippen molar-refractivity contribution in [3.63, 3.8) is 0 Å². The molecule has 1 N–H and O–H groups in total. The van der Waals surface area contributed by atoms with Gasteiger partial charge in [-0.15, -0.1) is 0 Å². The van der Waals surface area contributed by atoms with Gasteiger partial charge < -0.3 is 10.1 Å². The normalized spacial score (nSPS) is 18.0. The van der Waals surface area contributed by atoms with Crippen molar-refractivity contribution in [1.29, 1.82) is 0 Å². The molecule has 0 saturated carbocycles. The molecule has 2 aromatic carbocycles. The Labute approximate surface area is 120 Å². The largest absolute Gasteiger partial charge is 0.494 e. The molecule has 0 amide bonds. The van der Waals surface area contributed by atoms with Gasteiger partial charge in [-0.1, -0.05) is 36.4 Å². The molecule has 3 rings (SSSR count). The van der Waals surface area contributed by atoms with Crippen LogP contribution in [-0.2, 0) is 6.42 Å². The molecular formula is C18H21NO. The van der Waals surface area contributed by atoms with Gasteiger partial charge in [0.15, 0.2) is 0 Å². The maximum atomic E-state index is 5.51. The second-order valence-electron chi connectivity index (χ2n) is 5.28. The molecule has 104 valence electrons. The van der Waals surface area contributed by atoms with Crippen LogP contribution >= 0.6 is 0 Å². The first-order valence-corrected chi connectivity index (χ1v) is 7.31. The molecule has 0 aromatic heterocycles. The van der Waals surface area contributed by atoms with Crippen LogP contribution in [0.2, 0.25) is 0 Å². The molecule has 2 aromatic rings. The highest BCUT2D eigenvalue weighted by Gasteiger charge is 2.32. The van der Waals surface area contributed by atoms with E-state index >= 15 is 0 Å². The predicted octanol–water partition coefficient (Wildman–Crippen LogP) is 3.69. The van der Waals surface area contributed by atoms with Crippen molar-refractivity contribution >= 4 is 0 Å². The molecule has 20 heavy (non-hydrogen) atoms. The fourth-order valence-electron chi connectivity index (χ4n) is 3.13. The summed E-state index contributed by atoms with van der Waals surface area (Å²) in [6, 6.07) is 17.6. The smallest absolute Gasteiger partial charge is 0.119 e. The highest BCUT2D eigenvalue weighted by Crippen LogP contribution is 2.43. The van der Waals surface area contributed by atoms with Crippen molar-refractivity contribution in [1.82, 2.24) is 5.32 Å².